The van der Waals surface area contributed by atoms with E-state index >= 15 is 0 Å². The van der Waals surface area contributed by atoms with E-state index in [9.17, 15) is 44.6 Å². The molecule has 0 aromatic rings. The molecule has 0 spiro atoms. The normalized spacial score (nSPS) is 22.8. The number of allylic oxidation sites excluding steroid dienone is 8. The van der Waals surface area contributed by atoms with E-state index in [0.29, 0.717) is 12.8 Å². The Bertz CT molecular complexity index is 1220. The topological polar surface area (TPSA) is 210 Å². The van der Waals surface area contributed by atoms with Crippen LogP contribution in [0.15, 0.2) is 48.6 Å². The number of aliphatic hydroxyl groups excluding tert-OH is 5. The second-order valence-corrected chi connectivity index (χ2v) is 17.0. The van der Waals surface area contributed by atoms with E-state index in [0.717, 1.165) is 64.2 Å². The lowest BCUT2D eigenvalue weighted by molar-refractivity contribution is -0.220. The number of rotatable bonds is 36. The van der Waals surface area contributed by atoms with E-state index in [1.165, 1.54) is 64.2 Å². The highest BCUT2D eigenvalue weighted by molar-refractivity contribution is 7.47. The SMILES string of the molecule is CCC/C=C/C/C=C/C/C=C/C/C=C/CCCCCC(=O)O[C@H](COC(=O)CCCCCCCCCCCCCCC)COP(=O)(O)OC1C(O)C(O)C(O)[C@H](O)C1O. The number of hydrogen-bond donors (Lipinski definition) is 6. The Morgan fingerprint density at radius 3 is 1.46 bits per heavy atom. The summed E-state index contributed by atoms with van der Waals surface area (Å²) in [6.07, 6.45) is 27.4. The molecule has 14 heteroatoms. The van der Waals surface area contributed by atoms with Gasteiger partial charge >= 0.3 is 19.8 Å². The maximum atomic E-state index is 12.8. The van der Waals surface area contributed by atoms with E-state index in [-0.39, 0.29) is 12.8 Å². The zero-order chi connectivity index (χ0) is 43.6. The second-order valence-electron chi connectivity index (χ2n) is 15.6. The van der Waals surface area contributed by atoms with Crippen LogP contribution in [0.4, 0.5) is 0 Å². The van der Waals surface area contributed by atoms with Crippen LogP contribution in [-0.4, -0.2) is 98.3 Å². The molecule has 0 saturated heterocycles. The van der Waals surface area contributed by atoms with E-state index in [1.54, 1.807) is 0 Å². The molecule has 0 bridgehead atoms. The molecule has 1 aliphatic rings. The van der Waals surface area contributed by atoms with Crippen molar-refractivity contribution >= 4 is 19.8 Å². The Kier molecular flexibility index (Phi) is 32.9. The third-order valence-electron chi connectivity index (χ3n) is 10.2. The van der Waals surface area contributed by atoms with Crippen molar-refractivity contribution in [2.75, 3.05) is 13.2 Å². The summed E-state index contributed by atoms with van der Waals surface area (Å²) in [5.41, 5.74) is 0. The van der Waals surface area contributed by atoms with Gasteiger partial charge in [0.15, 0.2) is 6.10 Å². The highest BCUT2D eigenvalue weighted by Crippen LogP contribution is 2.47. The number of aliphatic hydroxyl groups is 5. The minimum Gasteiger partial charge on any atom is -0.462 e. The van der Waals surface area contributed by atoms with Gasteiger partial charge in [-0.05, 0) is 51.4 Å². The monoisotopic (exact) mass is 859 g/mol. The fourth-order valence-corrected chi connectivity index (χ4v) is 7.49. The van der Waals surface area contributed by atoms with Crippen molar-refractivity contribution in [3.63, 3.8) is 0 Å². The van der Waals surface area contributed by atoms with Crippen LogP contribution in [0.1, 0.15) is 168 Å². The number of esters is 2. The van der Waals surface area contributed by atoms with Crippen molar-refractivity contribution in [2.45, 2.75) is 211 Å². The number of carbonyl (C=O) groups is 2. The maximum absolute atomic E-state index is 12.8. The Balaban J connectivity index is 2.51. The number of phosphoric acid groups is 1. The molecule has 6 unspecified atom stereocenters. The quantitative estimate of drug-likeness (QED) is 0.0152. The molecule has 1 fully saturated rings. The Hall–Kier alpha value is -2.19. The van der Waals surface area contributed by atoms with Crippen LogP contribution in [0, 0.1) is 0 Å². The van der Waals surface area contributed by atoms with E-state index in [2.05, 4.69) is 62.5 Å². The van der Waals surface area contributed by atoms with Crippen molar-refractivity contribution < 1.29 is 63.1 Å². The molecule has 6 N–H and O–H groups in total. The van der Waals surface area contributed by atoms with Crippen molar-refractivity contribution in [3.05, 3.63) is 48.6 Å². The molecular weight excluding hydrogens is 779 g/mol. The fourth-order valence-electron chi connectivity index (χ4n) is 6.51. The molecule has 0 amide bonds. The molecule has 1 saturated carbocycles. The third-order valence-corrected chi connectivity index (χ3v) is 11.1. The summed E-state index contributed by atoms with van der Waals surface area (Å²) in [7, 11) is -5.12. The van der Waals surface area contributed by atoms with Gasteiger partial charge in [-0.1, -0.05) is 152 Å². The predicted molar refractivity (Wildman–Crippen MR) is 230 cm³/mol. The summed E-state index contributed by atoms with van der Waals surface area (Å²) in [4.78, 5) is 35.6. The Labute approximate surface area is 354 Å². The molecule has 13 nitrogen and oxygen atoms in total. The van der Waals surface area contributed by atoms with Crippen molar-refractivity contribution in [1.29, 1.82) is 0 Å². The van der Waals surface area contributed by atoms with Gasteiger partial charge < -0.3 is 39.9 Å². The molecular formula is C45H79O13P. The van der Waals surface area contributed by atoms with Gasteiger partial charge in [-0.2, -0.15) is 0 Å². The molecule has 0 aromatic carbocycles. The summed E-state index contributed by atoms with van der Waals surface area (Å²) in [5.74, 6) is -1.14. The molecule has 8 atom stereocenters. The third kappa shape index (κ3) is 28.1. The summed E-state index contributed by atoms with van der Waals surface area (Å²) in [6.45, 7) is 3.19. The molecule has 59 heavy (non-hydrogen) atoms. The predicted octanol–water partition coefficient (Wildman–Crippen LogP) is 8.39. The largest absolute Gasteiger partial charge is 0.472 e. The second kappa shape index (κ2) is 35.4. The lowest BCUT2D eigenvalue weighted by atomic mass is 9.85. The number of carbonyl (C=O) groups excluding carboxylic acids is 2. The maximum Gasteiger partial charge on any atom is 0.472 e. The van der Waals surface area contributed by atoms with E-state index in [1.807, 2.05) is 0 Å². The molecule has 342 valence electrons. The molecule has 1 rings (SSSR count). The molecule has 0 aromatic heterocycles. The van der Waals surface area contributed by atoms with Crippen LogP contribution in [0.25, 0.3) is 0 Å². The number of hydrogen-bond acceptors (Lipinski definition) is 12. The van der Waals surface area contributed by atoms with Gasteiger partial charge in [-0.15, -0.1) is 0 Å². The smallest absolute Gasteiger partial charge is 0.462 e. The zero-order valence-electron chi connectivity index (χ0n) is 36.0. The van der Waals surface area contributed by atoms with Gasteiger partial charge in [0.1, 0.15) is 43.2 Å². The standard InChI is InChI=1S/C45H79O13P/c1-3-5-7-9-11-13-15-17-18-19-20-22-24-26-28-30-32-34-39(47)57-37(36-56-59(53,54)58-45-43(51)41(49)40(48)42(50)44(45)52)35-55-38(46)33-31-29-27-25-23-21-16-14-12-10-8-6-4-2/h7,9,13,15,18-19,22,24,37,40-45,48-52H,3-6,8,10-12,14,16-17,20-21,23,25-36H2,1-2H3,(H,53,54)/b9-7+,15-13+,19-18+,24-22+/t37-,40?,41+,42?,43?,44?,45?/m1/s1. The van der Waals surface area contributed by atoms with Crippen molar-refractivity contribution in [2.24, 2.45) is 0 Å². The minimum absolute atomic E-state index is 0.0591. The van der Waals surface area contributed by atoms with Crippen LogP contribution >= 0.6 is 7.82 Å². The molecule has 0 aliphatic heterocycles. The summed E-state index contributed by atoms with van der Waals surface area (Å²) < 4.78 is 33.5. The summed E-state index contributed by atoms with van der Waals surface area (Å²) in [5, 5.41) is 50.1. The Morgan fingerprint density at radius 1 is 0.525 bits per heavy atom. The first-order valence-electron chi connectivity index (χ1n) is 22.4. The molecule has 0 heterocycles. The lowest BCUT2D eigenvalue weighted by Gasteiger charge is -2.41. The minimum atomic E-state index is -5.12. The fraction of sp³-hybridized carbons (Fsp3) is 0.778. The van der Waals surface area contributed by atoms with E-state index < -0.39 is 75.7 Å². The number of ether oxygens (including phenoxy) is 2. The first-order valence-corrected chi connectivity index (χ1v) is 23.9. The zero-order valence-corrected chi connectivity index (χ0v) is 36.9. The molecule has 0 radical (unpaired) electrons. The van der Waals surface area contributed by atoms with Gasteiger partial charge in [0.05, 0.1) is 6.61 Å². The summed E-state index contributed by atoms with van der Waals surface area (Å²) >= 11 is 0. The van der Waals surface area contributed by atoms with E-state index in [4.69, 9.17) is 18.5 Å². The van der Waals surface area contributed by atoms with Gasteiger partial charge in [-0.3, -0.25) is 18.6 Å². The van der Waals surface area contributed by atoms with Crippen LogP contribution in [0.2, 0.25) is 0 Å². The molecule has 1 aliphatic carbocycles. The summed E-state index contributed by atoms with van der Waals surface area (Å²) in [6, 6.07) is 0. The first-order chi connectivity index (χ1) is 28.4. The average Bonchev–Trinajstić information content (AvgIpc) is 3.21. The van der Waals surface area contributed by atoms with Crippen molar-refractivity contribution in [3.8, 4) is 0 Å². The van der Waals surface area contributed by atoms with Crippen LogP contribution in [-0.2, 0) is 32.7 Å². The van der Waals surface area contributed by atoms with Crippen LogP contribution in [0.3, 0.4) is 0 Å². The van der Waals surface area contributed by atoms with Gasteiger partial charge in [-0.25, -0.2) is 4.57 Å². The number of unbranched alkanes of at least 4 members (excludes halogenated alkanes) is 16. The van der Waals surface area contributed by atoms with Crippen molar-refractivity contribution in [1.82, 2.24) is 0 Å². The van der Waals surface area contributed by atoms with Gasteiger partial charge in [0, 0.05) is 12.8 Å². The Morgan fingerprint density at radius 2 is 0.949 bits per heavy atom. The lowest BCUT2D eigenvalue weighted by Crippen LogP contribution is -2.64. The van der Waals surface area contributed by atoms with Crippen LogP contribution < -0.4 is 0 Å². The number of phosphoric ester groups is 1. The van der Waals surface area contributed by atoms with Gasteiger partial charge in [0.2, 0.25) is 0 Å². The highest BCUT2D eigenvalue weighted by atomic mass is 31.2. The highest BCUT2D eigenvalue weighted by Gasteiger charge is 2.51. The average molecular weight is 859 g/mol. The first kappa shape index (κ1) is 54.8. The van der Waals surface area contributed by atoms with Gasteiger partial charge in [0.25, 0.3) is 0 Å². The van der Waals surface area contributed by atoms with Crippen LogP contribution in [0.5, 0.6) is 0 Å².